The van der Waals surface area contributed by atoms with Crippen LogP contribution in [0.2, 0.25) is 0 Å². The Bertz CT molecular complexity index is 974. The fourth-order valence-corrected chi connectivity index (χ4v) is 3.09. The molecule has 0 aromatic heterocycles. The second kappa shape index (κ2) is 5.73. The highest BCUT2D eigenvalue weighted by atomic mass is 79.9. The number of ketones is 2. The van der Waals surface area contributed by atoms with E-state index in [9.17, 15) is 9.59 Å². The molecular formula is C20H11BrO3. The molecule has 3 aromatic rings. The Labute approximate surface area is 147 Å². The number of halogens is 1. The Morgan fingerprint density at radius 1 is 0.667 bits per heavy atom. The van der Waals surface area contributed by atoms with Crippen LogP contribution in [0.3, 0.4) is 0 Å². The van der Waals surface area contributed by atoms with Crippen molar-refractivity contribution in [3.05, 3.63) is 93.5 Å². The van der Waals surface area contributed by atoms with Gasteiger partial charge < -0.3 is 4.74 Å². The largest absolute Gasteiger partial charge is 0.457 e. The monoisotopic (exact) mass is 378 g/mol. The first-order chi connectivity index (χ1) is 11.6. The minimum Gasteiger partial charge on any atom is -0.457 e. The Morgan fingerprint density at radius 3 is 2.00 bits per heavy atom. The Balaban J connectivity index is 1.83. The van der Waals surface area contributed by atoms with Gasteiger partial charge in [-0.2, -0.15) is 0 Å². The maximum Gasteiger partial charge on any atom is 0.198 e. The molecule has 1 aliphatic rings. The predicted molar refractivity (Wildman–Crippen MR) is 94.0 cm³/mol. The average Bonchev–Trinajstić information content (AvgIpc) is 2.61. The van der Waals surface area contributed by atoms with Crippen LogP contribution in [-0.2, 0) is 0 Å². The third-order valence-electron chi connectivity index (χ3n) is 3.96. The molecule has 3 nitrogen and oxygen atoms in total. The van der Waals surface area contributed by atoms with E-state index in [2.05, 4.69) is 15.9 Å². The van der Waals surface area contributed by atoms with Crippen molar-refractivity contribution in [3.63, 3.8) is 0 Å². The third-order valence-corrected chi connectivity index (χ3v) is 4.48. The molecule has 0 aliphatic heterocycles. The zero-order chi connectivity index (χ0) is 16.7. The molecule has 0 radical (unpaired) electrons. The van der Waals surface area contributed by atoms with Crippen molar-refractivity contribution in [1.82, 2.24) is 0 Å². The highest BCUT2D eigenvalue weighted by molar-refractivity contribution is 9.10. The second-order valence-corrected chi connectivity index (χ2v) is 6.35. The van der Waals surface area contributed by atoms with Crippen LogP contribution < -0.4 is 4.74 Å². The Hall–Kier alpha value is -2.72. The molecule has 0 atom stereocenters. The molecule has 116 valence electrons. The summed E-state index contributed by atoms with van der Waals surface area (Å²) in [7, 11) is 0. The lowest BCUT2D eigenvalue weighted by Gasteiger charge is -2.20. The lowest BCUT2D eigenvalue weighted by molar-refractivity contribution is 0.0977. The Morgan fingerprint density at radius 2 is 1.29 bits per heavy atom. The zero-order valence-corrected chi connectivity index (χ0v) is 14.0. The van der Waals surface area contributed by atoms with Gasteiger partial charge in [0.2, 0.25) is 0 Å². The maximum atomic E-state index is 12.9. The van der Waals surface area contributed by atoms with Gasteiger partial charge in [0.1, 0.15) is 11.5 Å². The number of carbonyl (C=O) groups is 2. The molecule has 0 saturated carbocycles. The van der Waals surface area contributed by atoms with Crippen LogP contribution in [0.4, 0.5) is 0 Å². The normalized spacial score (nSPS) is 12.5. The first-order valence-electron chi connectivity index (χ1n) is 7.40. The van der Waals surface area contributed by atoms with E-state index in [1.807, 2.05) is 12.1 Å². The molecule has 24 heavy (non-hydrogen) atoms. The number of ether oxygens (including phenoxy) is 1. The molecule has 0 saturated heterocycles. The van der Waals surface area contributed by atoms with E-state index in [0.717, 1.165) is 4.47 Å². The Kier molecular flexibility index (Phi) is 3.54. The molecule has 0 fully saturated rings. The van der Waals surface area contributed by atoms with Gasteiger partial charge >= 0.3 is 0 Å². The van der Waals surface area contributed by atoms with E-state index < -0.39 is 0 Å². The fraction of sp³-hybridized carbons (Fsp3) is 0. The van der Waals surface area contributed by atoms with E-state index in [1.54, 1.807) is 54.6 Å². The van der Waals surface area contributed by atoms with Gasteiger partial charge in [-0.05, 0) is 30.3 Å². The molecule has 0 N–H and O–H groups in total. The van der Waals surface area contributed by atoms with Crippen molar-refractivity contribution in [1.29, 1.82) is 0 Å². The number of benzene rings is 3. The second-order valence-electron chi connectivity index (χ2n) is 5.44. The summed E-state index contributed by atoms with van der Waals surface area (Å²) in [4.78, 5) is 25.6. The molecule has 4 rings (SSSR count). The molecular weight excluding hydrogens is 368 g/mol. The summed E-state index contributed by atoms with van der Waals surface area (Å²) in [5.74, 6) is 0.655. The van der Waals surface area contributed by atoms with Gasteiger partial charge in [-0.3, -0.25) is 9.59 Å². The minimum atomic E-state index is -0.187. The SMILES string of the molecule is O=C1c2ccccc2C(=O)c2c(Oc3ccc(Br)cc3)cccc21. The smallest absolute Gasteiger partial charge is 0.198 e. The minimum absolute atomic E-state index is 0.151. The van der Waals surface area contributed by atoms with E-state index in [4.69, 9.17) is 4.74 Å². The molecule has 4 heteroatoms. The summed E-state index contributed by atoms with van der Waals surface area (Å²) < 4.78 is 6.81. The van der Waals surface area contributed by atoms with Gasteiger partial charge in [0, 0.05) is 21.2 Å². The third kappa shape index (κ3) is 2.36. The van der Waals surface area contributed by atoms with Gasteiger partial charge in [0.05, 0.1) is 5.56 Å². The average molecular weight is 379 g/mol. The maximum absolute atomic E-state index is 12.9. The topological polar surface area (TPSA) is 43.4 Å². The van der Waals surface area contributed by atoms with Crippen molar-refractivity contribution in [2.75, 3.05) is 0 Å². The van der Waals surface area contributed by atoms with E-state index in [-0.39, 0.29) is 11.6 Å². The lowest BCUT2D eigenvalue weighted by Crippen LogP contribution is -2.21. The number of rotatable bonds is 2. The van der Waals surface area contributed by atoms with Crippen LogP contribution in [0.15, 0.2) is 71.2 Å². The van der Waals surface area contributed by atoms with Crippen molar-refractivity contribution >= 4 is 27.5 Å². The van der Waals surface area contributed by atoms with Gasteiger partial charge in [-0.1, -0.05) is 52.3 Å². The molecule has 0 unspecified atom stereocenters. The number of hydrogen-bond donors (Lipinski definition) is 0. The summed E-state index contributed by atoms with van der Waals surface area (Å²) in [6, 6.07) is 19.3. The number of carbonyl (C=O) groups excluding carboxylic acids is 2. The van der Waals surface area contributed by atoms with Crippen molar-refractivity contribution in [2.24, 2.45) is 0 Å². The predicted octanol–water partition coefficient (Wildman–Crippen LogP) is 5.02. The highest BCUT2D eigenvalue weighted by Gasteiger charge is 2.32. The molecule has 0 spiro atoms. The molecule has 0 amide bonds. The molecule has 0 heterocycles. The summed E-state index contributed by atoms with van der Waals surface area (Å²) >= 11 is 3.37. The van der Waals surface area contributed by atoms with E-state index in [0.29, 0.717) is 33.8 Å². The van der Waals surface area contributed by atoms with Crippen LogP contribution in [0, 0.1) is 0 Å². The zero-order valence-electron chi connectivity index (χ0n) is 12.5. The van der Waals surface area contributed by atoms with Crippen LogP contribution >= 0.6 is 15.9 Å². The van der Waals surface area contributed by atoms with Crippen LogP contribution in [0.1, 0.15) is 31.8 Å². The lowest BCUT2D eigenvalue weighted by atomic mass is 9.83. The fourth-order valence-electron chi connectivity index (χ4n) is 2.83. The summed E-state index contributed by atoms with van der Waals surface area (Å²) in [6.45, 7) is 0. The molecule has 1 aliphatic carbocycles. The number of fused-ring (bicyclic) bond motifs is 2. The van der Waals surface area contributed by atoms with Crippen molar-refractivity contribution in [3.8, 4) is 11.5 Å². The van der Waals surface area contributed by atoms with Crippen LogP contribution in [-0.4, -0.2) is 11.6 Å². The summed E-state index contributed by atoms with van der Waals surface area (Å²) in [5, 5.41) is 0. The summed E-state index contributed by atoms with van der Waals surface area (Å²) in [6.07, 6.45) is 0. The van der Waals surface area contributed by atoms with Crippen LogP contribution in [0.5, 0.6) is 11.5 Å². The van der Waals surface area contributed by atoms with Crippen molar-refractivity contribution in [2.45, 2.75) is 0 Å². The first-order valence-corrected chi connectivity index (χ1v) is 8.19. The van der Waals surface area contributed by atoms with Gasteiger partial charge in [0.25, 0.3) is 0 Å². The van der Waals surface area contributed by atoms with E-state index in [1.165, 1.54) is 0 Å². The first kappa shape index (κ1) is 14.8. The van der Waals surface area contributed by atoms with Gasteiger partial charge in [0.15, 0.2) is 11.6 Å². The van der Waals surface area contributed by atoms with Gasteiger partial charge in [-0.25, -0.2) is 0 Å². The summed E-state index contributed by atoms with van der Waals surface area (Å²) in [5.41, 5.74) is 1.56. The molecule has 3 aromatic carbocycles. The van der Waals surface area contributed by atoms with Crippen LogP contribution in [0.25, 0.3) is 0 Å². The quantitative estimate of drug-likeness (QED) is 0.491. The molecule has 0 bridgehead atoms. The number of hydrogen-bond acceptors (Lipinski definition) is 3. The van der Waals surface area contributed by atoms with E-state index >= 15 is 0 Å². The van der Waals surface area contributed by atoms with Crippen molar-refractivity contribution < 1.29 is 14.3 Å². The standard InChI is InChI=1S/C20H11BrO3/c21-12-8-10-13(11-9-12)24-17-7-3-6-16-18(17)20(23)15-5-2-1-4-14(15)19(16)22/h1-11H. The highest BCUT2D eigenvalue weighted by Crippen LogP contribution is 2.35. The van der Waals surface area contributed by atoms with Gasteiger partial charge in [-0.15, -0.1) is 0 Å².